The van der Waals surface area contributed by atoms with E-state index in [1.165, 1.54) is 11.3 Å². The number of aliphatic hydroxyl groups is 1. The van der Waals surface area contributed by atoms with Crippen molar-refractivity contribution in [3.05, 3.63) is 40.5 Å². The highest BCUT2D eigenvalue weighted by atomic mass is 35.5. The first-order chi connectivity index (χ1) is 12.1. The molecule has 1 saturated carbocycles. The van der Waals surface area contributed by atoms with Gasteiger partial charge in [0.05, 0.1) is 20.3 Å². The highest BCUT2D eigenvalue weighted by Gasteiger charge is 2.42. The molecule has 0 aliphatic heterocycles. The number of carbonyl (C=O) groups is 1. The van der Waals surface area contributed by atoms with Gasteiger partial charge < -0.3 is 10.4 Å². The Hall–Kier alpha value is -1.73. The molecule has 25 heavy (non-hydrogen) atoms. The lowest BCUT2D eigenvalue weighted by molar-refractivity contribution is -0.117. The van der Waals surface area contributed by atoms with Gasteiger partial charge in [-0.15, -0.1) is 11.3 Å². The van der Waals surface area contributed by atoms with Crippen molar-refractivity contribution >= 4 is 56.5 Å². The summed E-state index contributed by atoms with van der Waals surface area (Å²) in [7, 11) is 0. The van der Waals surface area contributed by atoms with E-state index in [0.29, 0.717) is 32.9 Å². The average Bonchev–Trinajstić information content (AvgIpc) is 3.26. The molecular weight excluding hydrogens is 381 g/mol. The highest BCUT2D eigenvalue weighted by molar-refractivity contribution is 7.22. The summed E-state index contributed by atoms with van der Waals surface area (Å²) in [4.78, 5) is 21.1. The number of nitrogens with zero attached hydrogens (tertiary/aromatic N) is 2. The van der Waals surface area contributed by atoms with Crippen molar-refractivity contribution < 1.29 is 9.90 Å². The van der Waals surface area contributed by atoms with Crippen LogP contribution in [0.15, 0.2) is 30.5 Å². The summed E-state index contributed by atoms with van der Waals surface area (Å²) in [6.07, 6.45) is 2.31. The van der Waals surface area contributed by atoms with E-state index < -0.39 is 0 Å². The largest absolute Gasteiger partial charge is 0.396 e. The number of halogens is 2. The zero-order chi connectivity index (χ0) is 17.6. The topological polar surface area (TPSA) is 75.1 Å². The second-order valence-electron chi connectivity index (χ2n) is 5.90. The molecule has 1 fully saturated rings. The number of pyridine rings is 1. The Kier molecular flexibility index (Phi) is 4.37. The monoisotopic (exact) mass is 393 g/mol. The highest BCUT2D eigenvalue weighted by Crippen LogP contribution is 2.42. The minimum Gasteiger partial charge on any atom is -0.396 e. The minimum absolute atomic E-state index is 0.0332. The van der Waals surface area contributed by atoms with Crippen molar-refractivity contribution in [2.24, 2.45) is 11.8 Å². The van der Waals surface area contributed by atoms with Crippen molar-refractivity contribution in [3.63, 3.8) is 0 Å². The number of hydrogen-bond acceptors (Lipinski definition) is 5. The summed E-state index contributed by atoms with van der Waals surface area (Å²) in [5.41, 5.74) is 1.39. The molecule has 0 spiro atoms. The molecule has 4 rings (SSSR count). The first-order valence-electron chi connectivity index (χ1n) is 7.70. The van der Waals surface area contributed by atoms with E-state index in [1.807, 2.05) is 0 Å². The second kappa shape index (κ2) is 6.53. The summed E-state index contributed by atoms with van der Waals surface area (Å²) >= 11 is 13.9. The zero-order valence-corrected chi connectivity index (χ0v) is 15.2. The Balaban J connectivity index is 1.71. The molecule has 1 aliphatic carbocycles. The molecule has 128 valence electrons. The van der Waals surface area contributed by atoms with E-state index in [4.69, 9.17) is 28.3 Å². The van der Waals surface area contributed by atoms with Crippen LogP contribution in [0.1, 0.15) is 6.42 Å². The van der Waals surface area contributed by atoms with Gasteiger partial charge in [0.25, 0.3) is 0 Å². The van der Waals surface area contributed by atoms with E-state index >= 15 is 0 Å². The fourth-order valence-electron chi connectivity index (χ4n) is 2.73. The average molecular weight is 394 g/mol. The lowest BCUT2D eigenvalue weighted by atomic mass is 10.2. The van der Waals surface area contributed by atoms with Crippen LogP contribution in [-0.4, -0.2) is 27.6 Å². The van der Waals surface area contributed by atoms with Gasteiger partial charge in [0, 0.05) is 24.3 Å². The molecule has 0 unspecified atom stereocenters. The Morgan fingerprint density at radius 1 is 1.32 bits per heavy atom. The smallest absolute Gasteiger partial charge is 0.229 e. The predicted octanol–water partition coefficient (Wildman–Crippen LogP) is 4.23. The lowest BCUT2D eigenvalue weighted by Gasteiger charge is -2.04. The van der Waals surface area contributed by atoms with Crippen LogP contribution in [0.5, 0.6) is 0 Å². The molecule has 2 heterocycles. The molecule has 2 aromatic heterocycles. The number of aromatic nitrogens is 2. The summed E-state index contributed by atoms with van der Waals surface area (Å²) in [6.45, 7) is 0.0332. The van der Waals surface area contributed by atoms with Crippen LogP contribution in [0.4, 0.5) is 5.82 Å². The number of carbonyl (C=O) groups excluding carboxylic acids is 1. The van der Waals surface area contributed by atoms with Gasteiger partial charge in [-0.25, -0.2) is 9.97 Å². The normalized spacial score (nSPS) is 19.2. The summed E-state index contributed by atoms with van der Waals surface area (Å²) in [5.74, 6) is 0.258. The molecule has 2 atom stereocenters. The number of fused-ring (bicyclic) bond motifs is 1. The third-order valence-electron chi connectivity index (χ3n) is 4.22. The quantitative estimate of drug-likeness (QED) is 0.695. The van der Waals surface area contributed by atoms with Crippen molar-refractivity contribution in [1.82, 2.24) is 9.97 Å². The molecule has 0 saturated heterocycles. The van der Waals surface area contributed by atoms with Crippen molar-refractivity contribution in [1.29, 1.82) is 0 Å². The number of thiazole rings is 1. The van der Waals surface area contributed by atoms with Crippen molar-refractivity contribution in [3.8, 4) is 10.6 Å². The lowest BCUT2D eigenvalue weighted by Crippen LogP contribution is -2.16. The Labute approximate surface area is 157 Å². The van der Waals surface area contributed by atoms with Crippen LogP contribution in [-0.2, 0) is 4.79 Å². The standard InChI is InChI=1S/C17H13Cl2N3O2S/c18-10-2-1-3-11(19)13(10)17-21-12-4-5-20-15(14(12)25-17)22-16(24)9-6-8(9)7-23/h1-5,8-9,23H,6-7H2,(H,20,22,24)/t8-,9-/m0/s1. The van der Waals surface area contributed by atoms with E-state index in [-0.39, 0.29) is 24.3 Å². The molecule has 1 amide bonds. The first-order valence-corrected chi connectivity index (χ1v) is 9.27. The van der Waals surface area contributed by atoms with Gasteiger partial charge in [-0.3, -0.25) is 4.79 Å². The van der Waals surface area contributed by atoms with Crippen molar-refractivity contribution in [2.45, 2.75) is 6.42 Å². The fraction of sp³-hybridized carbons (Fsp3) is 0.235. The number of hydrogen-bond donors (Lipinski definition) is 2. The maximum absolute atomic E-state index is 12.3. The zero-order valence-electron chi connectivity index (χ0n) is 12.9. The molecule has 1 aromatic carbocycles. The maximum Gasteiger partial charge on any atom is 0.229 e. The van der Waals surface area contributed by atoms with Gasteiger partial charge >= 0.3 is 0 Å². The first kappa shape index (κ1) is 16.7. The molecule has 3 aromatic rings. The molecule has 0 bridgehead atoms. The van der Waals surface area contributed by atoms with Gasteiger partial charge in [0.15, 0.2) is 5.82 Å². The number of nitrogens with one attached hydrogen (secondary N) is 1. The van der Waals surface area contributed by atoms with Gasteiger partial charge in [0.2, 0.25) is 5.91 Å². The van der Waals surface area contributed by atoms with E-state index in [1.54, 1.807) is 30.5 Å². The summed E-state index contributed by atoms with van der Waals surface area (Å²) in [6, 6.07) is 7.08. The van der Waals surface area contributed by atoms with Crippen LogP contribution >= 0.6 is 34.5 Å². The Morgan fingerprint density at radius 2 is 2.08 bits per heavy atom. The Morgan fingerprint density at radius 3 is 2.76 bits per heavy atom. The number of aliphatic hydroxyl groups excluding tert-OH is 1. The number of anilines is 1. The number of benzene rings is 1. The summed E-state index contributed by atoms with van der Waals surface area (Å²) in [5, 5.41) is 13.7. The third-order valence-corrected chi connectivity index (χ3v) is 5.94. The number of amides is 1. The number of rotatable bonds is 4. The second-order valence-corrected chi connectivity index (χ2v) is 7.71. The molecule has 8 heteroatoms. The summed E-state index contributed by atoms with van der Waals surface area (Å²) < 4.78 is 0.767. The van der Waals surface area contributed by atoms with Crippen LogP contribution < -0.4 is 5.32 Å². The van der Waals surface area contributed by atoms with Gasteiger partial charge in [-0.05, 0) is 30.5 Å². The van der Waals surface area contributed by atoms with Crippen LogP contribution in [0.3, 0.4) is 0 Å². The van der Waals surface area contributed by atoms with Gasteiger partial charge in [-0.2, -0.15) is 0 Å². The van der Waals surface area contributed by atoms with E-state index in [2.05, 4.69) is 15.3 Å². The van der Waals surface area contributed by atoms with E-state index in [0.717, 1.165) is 10.2 Å². The van der Waals surface area contributed by atoms with Crippen molar-refractivity contribution in [2.75, 3.05) is 11.9 Å². The molecule has 1 aliphatic rings. The third kappa shape index (κ3) is 3.11. The van der Waals surface area contributed by atoms with E-state index in [9.17, 15) is 4.79 Å². The predicted molar refractivity (Wildman–Crippen MR) is 100 cm³/mol. The molecule has 0 radical (unpaired) electrons. The molecule has 2 N–H and O–H groups in total. The van der Waals surface area contributed by atoms with Crippen LogP contribution in [0, 0.1) is 11.8 Å². The fourth-order valence-corrected chi connectivity index (χ4v) is 4.50. The van der Waals surface area contributed by atoms with Gasteiger partial charge in [0.1, 0.15) is 5.01 Å². The molecular formula is C17H13Cl2N3O2S. The van der Waals surface area contributed by atoms with Gasteiger partial charge in [-0.1, -0.05) is 29.3 Å². The van der Waals surface area contributed by atoms with Crippen LogP contribution in [0.2, 0.25) is 10.0 Å². The molecule has 5 nitrogen and oxygen atoms in total. The Bertz CT molecular complexity index is 955. The van der Waals surface area contributed by atoms with Crippen LogP contribution in [0.25, 0.3) is 20.8 Å². The minimum atomic E-state index is -0.146. The SMILES string of the molecule is O=C(Nc1nccc2nc(-c3c(Cl)cccc3Cl)sc12)[C@H]1C[C@H]1CO. The maximum atomic E-state index is 12.3.